The van der Waals surface area contributed by atoms with Gasteiger partial charge in [-0.3, -0.25) is 15.1 Å². The van der Waals surface area contributed by atoms with E-state index in [0.29, 0.717) is 23.6 Å². The second-order valence-electron chi connectivity index (χ2n) is 8.34. The molecule has 0 atom stereocenters. The van der Waals surface area contributed by atoms with Crippen molar-refractivity contribution >= 4 is 17.8 Å². The van der Waals surface area contributed by atoms with E-state index in [2.05, 4.69) is 10.2 Å². The molecule has 0 unspecified atom stereocenters. The Morgan fingerprint density at radius 2 is 1.79 bits per heavy atom. The number of amidine groups is 1. The molecule has 0 spiro atoms. The van der Waals surface area contributed by atoms with E-state index >= 15 is 0 Å². The molecule has 8 heteroatoms. The molecule has 0 aliphatic carbocycles. The molecule has 0 radical (unpaired) electrons. The lowest BCUT2D eigenvalue weighted by Crippen LogP contribution is -2.38. The summed E-state index contributed by atoms with van der Waals surface area (Å²) in [5.41, 5.74) is 9.24. The largest absolute Gasteiger partial charge is 0.468 e. The smallest absolute Gasteiger partial charge is 0.337 e. The number of esters is 2. The second-order valence-corrected chi connectivity index (χ2v) is 8.34. The van der Waals surface area contributed by atoms with E-state index < -0.39 is 5.97 Å². The number of benzene rings is 2. The minimum Gasteiger partial charge on any atom is -0.468 e. The summed E-state index contributed by atoms with van der Waals surface area (Å²) in [7, 11) is 2.74. The maximum Gasteiger partial charge on any atom is 0.337 e. The molecule has 1 fully saturated rings. The number of carbonyl (C=O) groups is 2. The molecule has 176 valence electrons. The summed E-state index contributed by atoms with van der Waals surface area (Å²) >= 11 is 0. The third-order valence-corrected chi connectivity index (χ3v) is 5.88. The normalized spacial score (nSPS) is 14.2. The van der Waals surface area contributed by atoms with Crippen LogP contribution in [0, 0.1) is 11.3 Å². The van der Waals surface area contributed by atoms with Crippen molar-refractivity contribution in [3.8, 4) is 11.1 Å². The van der Waals surface area contributed by atoms with Crippen LogP contribution in [0.15, 0.2) is 42.5 Å². The fourth-order valence-corrected chi connectivity index (χ4v) is 4.17. The number of ether oxygens (including phenoxy) is 2. The van der Waals surface area contributed by atoms with Crippen molar-refractivity contribution in [3.05, 3.63) is 59.2 Å². The first-order valence-corrected chi connectivity index (χ1v) is 11.1. The van der Waals surface area contributed by atoms with Crippen LogP contribution in [-0.4, -0.2) is 63.1 Å². The Morgan fingerprint density at radius 1 is 1.06 bits per heavy atom. The van der Waals surface area contributed by atoms with Gasteiger partial charge in [-0.15, -0.1) is 0 Å². The molecule has 0 saturated carbocycles. The van der Waals surface area contributed by atoms with Gasteiger partial charge in [0, 0.05) is 18.7 Å². The molecule has 1 aliphatic heterocycles. The number of carbonyl (C=O) groups excluding carboxylic acids is 2. The van der Waals surface area contributed by atoms with E-state index in [1.54, 1.807) is 18.2 Å². The SMILES string of the molecule is COC(=O)CN(Cc1cc(C(=O)OC)cc(-c2cccc(C(=N)N)c2)c1)CC1CCNCC1. The van der Waals surface area contributed by atoms with Crippen molar-refractivity contribution in [2.75, 3.05) is 40.4 Å². The maximum absolute atomic E-state index is 12.4. The highest BCUT2D eigenvalue weighted by Crippen LogP contribution is 2.25. The fourth-order valence-electron chi connectivity index (χ4n) is 4.17. The third-order valence-electron chi connectivity index (χ3n) is 5.88. The number of hydrogen-bond donors (Lipinski definition) is 3. The highest BCUT2D eigenvalue weighted by Gasteiger charge is 2.20. The molecule has 33 heavy (non-hydrogen) atoms. The Kier molecular flexibility index (Phi) is 8.57. The molecule has 4 N–H and O–H groups in total. The van der Waals surface area contributed by atoms with Crippen LogP contribution in [0.1, 0.15) is 34.3 Å². The average molecular weight is 453 g/mol. The van der Waals surface area contributed by atoms with Crippen molar-refractivity contribution in [1.29, 1.82) is 5.41 Å². The fraction of sp³-hybridized carbons (Fsp3) is 0.400. The predicted octanol–water partition coefficient (Wildman–Crippen LogP) is 2.40. The van der Waals surface area contributed by atoms with E-state index in [4.69, 9.17) is 20.6 Å². The number of nitrogens with zero attached hydrogens (tertiary/aromatic N) is 1. The average Bonchev–Trinajstić information content (AvgIpc) is 2.83. The Morgan fingerprint density at radius 3 is 2.45 bits per heavy atom. The Labute approximate surface area is 194 Å². The molecule has 1 heterocycles. The highest BCUT2D eigenvalue weighted by atomic mass is 16.5. The number of hydrogen-bond acceptors (Lipinski definition) is 7. The van der Waals surface area contributed by atoms with Gasteiger partial charge in [-0.1, -0.05) is 18.2 Å². The van der Waals surface area contributed by atoms with Gasteiger partial charge in [0.25, 0.3) is 0 Å². The van der Waals surface area contributed by atoms with Gasteiger partial charge >= 0.3 is 11.9 Å². The summed E-state index contributed by atoms with van der Waals surface area (Å²) in [6.45, 7) is 3.39. The predicted molar refractivity (Wildman–Crippen MR) is 127 cm³/mol. The Balaban J connectivity index is 1.93. The van der Waals surface area contributed by atoms with Crippen molar-refractivity contribution in [3.63, 3.8) is 0 Å². The van der Waals surface area contributed by atoms with E-state index in [1.807, 2.05) is 24.3 Å². The summed E-state index contributed by atoms with van der Waals surface area (Å²) in [6, 6.07) is 12.9. The zero-order chi connectivity index (χ0) is 23.8. The van der Waals surface area contributed by atoms with Gasteiger partial charge in [-0.2, -0.15) is 0 Å². The van der Waals surface area contributed by atoms with Crippen molar-refractivity contribution in [2.24, 2.45) is 11.7 Å². The molecule has 0 bridgehead atoms. The van der Waals surface area contributed by atoms with Crippen LogP contribution in [0.4, 0.5) is 0 Å². The number of piperidine rings is 1. The monoisotopic (exact) mass is 452 g/mol. The first-order valence-electron chi connectivity index (χ1n) is 11.1. The van der Waals surface area contributed by atoms with Crippen molar-refractivity contribution in [1.82, 2.24) is 10.2 Å². The number of nitrogens with one attached hydrogen (secondary N) is 2. The summed E-state index contributed by atoms with van der Waals surface area (Å²) in [4.78, 5) is 26.5. The molecular formula is C25H32N4O4. The van der Waals surface area contributed by atoms with Gasteiger partial charge < -0.3 is 20.5 Å². The molecule has 2 aromatic carbocycles. The maximum atomic E-state index is 12.4. The van der Waals surface area contributed by atoms with Crippen LogP contribution in [0.2, 0.25) is 0 Å². The Hall–Kier alpha value is -3.23. The quantitative estimate of drug-likeness (QED) is 0.304. The second kappa shape index (κ2) is 11.6. The zero-order valence-corrected chi connectivity index (χ0v) is 19.2. The van der Waals surface area contributed by atoms with Gasteiger partial charge in [0.05, 0.1) is 26.3 Å². The number of methoxy groups -OCH3 is 2. The highest BCUT2D eigenvalue weighted by molar-refractivity contribution is 5.96. The molecule has 3 rings (SSSR count). The van der Waals surface area contributed by atoms with Crippen LogP contribution in [-0.2, 0) is 20.8 Å². The molecule has 1 saturated heterocycles. The van der Waals surface area contributed by atoms with Gasteiger partial charge in [-0.25, -0.2) is 4.79 Å². The van der Waals surface area contributed by atoms with Crippen LogP contribution < -0.4 is 11.1 Å². The first kappa shape index (κ1) is 24.4. The number of nitrogen functional groups attached to an aromatic ring is 1. The van der Waals surface area contributed by atoms with Crippen molar-refractivity contribution in [2.45, 2.75) is 19.4 Å². The van der Waals surface area contributed by atoms with E-state index in [9.17, 15) is 9.59 Å². The molecule has 0 amide bonds. The van der Waals surface area contributed by atoms with E-state index in [0.717, 1.165) is 49.2 Å². The van der Waals surface area contributed by atoms with Crippen LogP contribution in [0.25, 0.3) is 11.1 Å². The van der Waals surface area contributed by atoms with E-state index in [-0.39, 0.29) is 18.3 Å². The standard InChI is InChI=1S/C25H32N4O4/c1-32-23(30)16-29(14-17-6-8-28-9-7-17)15-18-10-21(13-22(11-18)25(31)33-2)19-4-3-5-20(12-19)24(26)27/h3-5,10-13,17,28H,6-9,14-16H2,1-2H3,(H3,26,27). The lowest BCUT2D eigenvalue weighted by Gasteiger charge is -2.29. The number of rotatable bonds is 9. The zero-order valence-electron chi connectivity index (χ0n) is 19.2. The van der Waals surface area contributed by atoms with Crippen molar-refractivity contribution < 1.29 is 19.1 Å². The van der Waals surface area contributed by atoms with Gasteiger partial charge in [0.2, 0.25) is 0 Å². The minimum absolute atomic E-state index is 0.0209. The summed E-state index contributed by atoms with van der Waals surface area (Å²) < 4.78 is 9.88. The van der Waals surface area contributed by atoms with E-state index in [1.165, 1.54) is 14.2 Å². The molecule has 8 nitrogen and oxygen atoms in total. The van der Waals surface area contributed by atoms with Crippen LogP contribution in [0.5, 0.6) is 0 Å². The summed E-state index contributed by atoms with van der Waals surface area (Å²) in [6.07, 6.45) is 2.12. The lowest BCUT2D eigenvalue weighted by atomic mass is 9.96. The molecule has 2 aromatic rings. The summed E-state index contributed by atoms with van der Waals surface area (Å²) in [5.74, 6) is -0.250. The van der Waals surface area contributed by atoms with Gasteiger partial charge in [-0.05, 0) is 72.8 Å². The third kappa shape index (κ3) is 6.87. The lowest BCUT2D eigenvalue weighted by molar-refractivity contribution is -0.142. The number of nitrogens with two attached hydrogens (primary N) is 1. The summed E-state index contributed by atoms with van der Waals surface area (Å²) in [5, 5.41) is 11.1. The van der Waals surface area contributed by atoms with Gasteiger partial charge in [0.15, 0.2) is 0 Å². The van der Waals surface area contributed by atoms with Crippen LogP contribution >= 0.6 is 0 Å². The molecule has 1 aliphatic rings. The topological polar surface area (TPSA) is 118 Å². The van der Waals surface area contributed by atoms with Gasteiger partial charge in [0.1, 0.15) is 5.84 Å². The molecular weight excluding hydrogens is 420 g/mol. The van der Waals surface area contributed by atoms with Crippen LogP contribution in [0.3, 0.4) is 0 Å². The Bertz CT molecular complexity index is 1000. The molecule has 0 aromatic heterocycles. The minimum atomic E-state index is -0.432. The first-order chi connectivity index (χ1) is 15.9.